The van der Waals surface area contributed by atoms with E-state index >= 15 is 0 Å². The van der Waals surface area contributed by atoms with Gasteiger partial charge in [0.05, 0.1) is 6.42 Å². The maximum absolute atomic E-state index is 12.4. The third-order valence-corrected chi connectivity index (χ3v) is 6.46. The predicted molar refractivity (Wildman–Crippen MR) is 131 cm³/mol. The fraction of sp³-hybridized carbons (Fsp3) is 0.615. The summed E-state index contributed by atoms with van der Waals surface area (Å²) in [6.07, 6.45) is 14.8. The molecule has 3 rings (SSSR count). The molecular weight excluding hydrogens is 446 g/mol. The Bertz CT molecular complexity index is 626. The Labute approximate surface area is 206 Å². The van der Waals surface area contributed by atoms with Gasteiger partial charge in [0.2, 0.25) is 0 Å². The molecule has 3 nitrogen and oxygen atoms in total. The van der Waals surface area contributed by atoms with Gasteiger partial charge in [-0.05, 0) is 37.1 Å². The molecule has 0 radical (unpaired) electrons. The number of ether oxygens (including phenoxy) is 1. The topological polar surface area (TPSA) is 30.7 Å². The molecule has 2 aliphatic carbocycles. The Morgan fingerprint density at radius 1 is 1.06 bits per heavy atom. The number of ketones is 1. The fourth-order valence-electron chi connectivity index (χ4n) is 3.85. The van der Waals surface area contributed by atoms with Gasteiger partial charge in [0.15, 0.2) is 5.78 Å². The quantitative estimate of drug-likeness (QED) is 0.163. The van der Waals surface area contributed by atoms with Gasteiger partial charge in [-0.3, -0.25) is 4.79 Å². The normalized spacial score (nSPS) is 16.9. The van der Waals surface area contributed by atoms with E-state index in [1.807, 2.05) is 37.4 Å². The van der Waals surface area contributed by atoms with Crippen molar-refractivity contribution >= 4 is 17.5 Å². The molecule has 176 valence electrons. The monoisotopic (exact) mass is 487 g/mol. The molecule has 0 N–H and O–H groups in total. The number of Topliss-reactive ketones (excluding diaryl/α,β-unsaturated/α-hetero) is 1. The van der Waals surface area contributed by atoms with Crippen molar-refractivity contribution in [1.29, 1.82) is 0 Å². The van der Waals surface area contributed by atoms with Crippen LogP contribution in [0.15, 0.2) is 29.2 Å². The summed E-state index contributed by atoms with van der Waals surface area (Å²) in [5.74, 6) is 0.653. The molecule has 2 fully saturated rings. The number of rotatable bonds is 8. The first-order valence-electron chi connectivity index (χ1n) is 10.7. The molecular formula is C26H41FeNO2S. The molecule has 1 unspecified atom stereocenters. The van der Waals surface area contributed by atoms with Crippen molar-refractivity contribution < 1.29 is 26.6 Å². The van der Waals surface area contributed by atoms with Gasteiger partial charge in [0, 0.05) is 24.0 Å². The number of benzene rings is 1. The zero-order chi connectivity index (χ0) is 20.2. The third-order valence-electron chi connectivity index (χ3n) is 5.71. The molecule has 0 aromatic heterocycles. The minimum Gasteiger partial charge on any atom is -0.373 e. The number of thioether (sulfide) groups is 1. The Morgan fingerprint density at radius 3 is 2.03 bits per heavy atom. The molecule has 0 amide bonds. The summed E-state index contributed by atoms with van der Waals surface area (Å²) in [5.41, 5.74) is -0.0955. The van der Waals surface area contributed by atoms with Crippen LogP contribution in [-0.4, -0.2) is 30.8 Å². The first kappa shape index (κ1) is 32.4. The van der Waals surface area contributed by atoms with E-state index < -0.39 is 5.54 Å². The average molecular weight is 488 g/mol. The Hall–Kier alpha value is -0.791. The van der Waals surface area contributed by atoms with Gasteiger partial charge in [-0.25, -0.2) is 6.57 Å². The van der Waals surface area contributed by atoms with Crippen LogP contribution in [-0.2, 0) is 21.8 Å². The van der Waals surface area contributed by atoms with E-state index in [2.05, 4.69) is 4.85 Å². The third kappa shape index (κ3) is 12.1. The van der Waals surface area contributed by atoms with Crippen molar-refractivity contribution in [1.82, 2.24) is 0 Å². The van der Waals surface area contributed by atoms with Crippen molar-refractivity contribution in [2.45, 2.75) is 81.6 Å². The van der Waals surface area contributed by atoms with Crippen LogP contribution in [0.1, 0.15) is 81.5 Å². The Balaban J connectivity index is 0. The van der Waals surface area contributed by atoms with Crippen LogP contribution in [0.2, 0.25) is 0 Å². The molecule has 1 aromatic rings. The van der Waals surface area contributed by atoms with Gasteiger partial charge in [0.25, 0.3) is 5.54 Å². The van der Waals surface area contributed by atoms with Gasteiger partial charge in [-0.1, -0.05) is 57.1 Å². The molecule has 0 spiro atoms. The van der Waals surface area contributed by atoms with E-state index in [0.717, 1.165) is 11.5 Å². The van der Waals surface area contributed by atoms with Gasteiger partial charge < -0.3 is 24.4 Å². The van der Waals surface area contributed by atoms with Crippen molar-refractivity contribution in [2.24, 2.45) is 5.92 Å². The maximum Gasteiger partial charge on any atom is 2.00 e. The maximum atomic E-state index is 12.4. The van der Waals surface area contributed by atoms with E-state index in [1.54, 1.807) is 11.8 Å². The summed E-state index contributed by atoms with van der Waals surface area (Å²) < 4.78 is 5.78. The summed E-state index contributed by atoms with van der Waals surface area (Å²) in [6.45, 7) is 10.3. The minimum absolute atomic E-state index is 0. The van der Waals surface area contributed by atoms with E-state index in [4.69, 9.17) is 11.3 Å². The van der Waals surface area contributed by atoms with Crippen molar-refractivity contribution in [3.8, 4) is 0 Å². The summed E-state index contributed by atoms with van der Waals surface area (Å²) in [5, 5.41) is 0. The molecule has 1 atom stereocenters. The number of carbonyl (C=O) groups excluding carboxylic acids is 1. The van der Waals surface area contributed by atoms with Gasteiger partial charge in [0.1, 0.15) is 6.61 Å². The summed E-state index contributed by atoms with van der Waals surface area (Å²) in [7, 11) is 0. The van der Waals surface area contributed by atoms with Crippen LogP contribution < -0.4 is 0 Å². The molecule has 1 aromatic carbocycles. The van der Waals surface area contributed by atoms with Crippen molar-refractivity contribution in [3.05, 3.63) is 56.1 Å². The van der Waals surface area contributed by atoms with Crippen LogP contribution in [0.4, 0.5) is 0 Å². The Kier molecular flexibility index (Phi) is 18.5. The fourth-order valence-corrected chi connectivity index (χ4v) is 4.26. The standard InChI is InChI=1S/C19H25NO2S.C5H10.2CH3.Fe/c1-19(20-2,14-22-13-15-6-4-5-7-15)12-18(21)16-8-10-17(23-3)11-9-16;1-2-4-5-3-1;;;/h8-11,15H,4-7,12-14H2,1,3H3;1-5H2;2*1H3;/q;;2*-1;+2. The number of carbonyl (C=O) groups is 1. The van der Waals surface area contributed by atoms with E-state index in [1.165, 1.54) is 57.8 Å². The van der Waals surface area contributed by atoms with Crippen molar-refractivity contribution in [2.75, 3.05) is 19.5 Å². The Morgan fingerprint density at radius 2 is 1.58 bits per heavy atom. The second-order valence-corrected chi connectivity index (χ2v) is 9.25. The number of hydrogen-bond donors (Lipinski definition) is 0. The van der Waals surface area contributed by atoms with Gasteiger partial charge in [-0.15, -0.1) is 11.8 Å². The number of hydrogen-bond acceptors (Lipinski definition) is 3. The van der Waals surface area contributed by atoms with E-state index in [0.29, 0.717) is 18.1 Å². The summed E-state index contributed by atoms with van der Waals surface area (Å²) >= 11 is 1.65. The predicted octanol–water partition coefficient (Wildman–Crippen LogP) is 7.71. The average Bonchev–Trinajstić information content (AvgIpc) is 3.45. The van der Waals surface area contributed by atoms with E-state index in [-0.39, 0.29) is 44.1 Å². The first-order valence-corrected chi connectivity index (χ1v) is 11.9. The zero-order valence-corrected chi connectivity index (χ0v) is 21.8. The molecule has 2 aliphatic rings. The van der Waals surface area contributed by atoms with E-state index in [9.17, 15) is 4.79 Å². The van der Waals surface area contributed by atoms with Crippen LogP contribution in [0.25, 0.3) is 4.85 Å². The summed E-state index contributed by atoms with van der Waals surface area (Å²) in [6, 6.07) is 7.59. The second kappa shape index (κ2) is 17.7. The molecule has 0 bridgehead atoms. The van der Waals surface area contributed by atoms with Gasteiger partial charge >= 0.3 is 17.1 Å². The zero-order valence-electron chi connectivity index (χ0n) is 19.9. The smallest absolute Gasteiger partial charge is 0.373 e. The second-order valence-electron chi connectivity index (χ2n) is 8.37. The van der Waals surface area contributed by atoms with Crippen LogP contribution in [0.3, 0.4) is 0 Å². The molecule has 0 heterocycles. The van der Waals surface area contributed by atoms with Gasteiger partial charge in [-0.2, -0.15) is 0 Å². The molecule has 0 saturated heterocycles. The summed E-state index contributed by atoms with van der Waals surface area (Å²) in [4.78, 5) is 17.2. The number of nitrogens with zero attached hydrogens (tertiary/aromatic N) is 1. The first-order chi connectivity index (χ1) is 13.6. The molecule has 31 heavy (non-hydrogen) atoms. The SMILES string of the molecule is C1CCCC1.[C-]#[N+]C(C)(COCC1CCCC1)CC(=O)c1ccc(SC)cc1.[CH3-].[CH3-].[Fe+2]. The molecule has 5 heteroatoms. The largest absolute Gasteiger partial charge is 2.00 e. The van der Waals surface area contributed by atoms with Crippen LogP contribution in [0.5, 0.6) is 0 Å². The van der Waals surface area contributed by atoms with Crippen LogP contribution >= 0.6 is 11.8 Å². The van der Waals surface area contributed by atoms with Crippen molar-refractivity contribution in [3.63, 3.8) is 0 Å². The van der Waals surface area contributed by atoms with Crippen LogP contribution in [0, 0.1) is 27.3 Å². The molecule has 0 aliphatic heterocycles. The molecule has 2 saturated carbocycles. The minimum atomic E-state index is -0.770.